The zero-order valence-corrected chi connectivity index (χ0v) is 11.1. The maximum absolute atomic E-state index is 9.12. The highest BCUT2D eigenvalue weighted by Crippen LogP contribution is 2.30. The Balaban J connectivity index is 2.04. The van der Waals surface area contributed by atoms with Crippen LogP contribution in [0.4, 0.5) is 0 Å². The average molecular weight is 261 g/mol. The maximum atomic E-state index is 9.12. The van der Waals surface area contributed by atoms with Crippen LogP contribution in [-0.2, 0) is 0 Å². The minimum atomic E-state index is 0.127. The molecule has 1 N–H and O–H groups in total. The van der Waals surface area contributed by atoms with Gasteiger partial charge in [-0.3, -0.25) is 0 Å². The third kappa shape index (κ3) is 3.39. The molecule has 1 fully saturated rings. The summed E-state index contributed by atoms with van der Waals surface area (Å²) < 4.78 is 11.1. The molecule has 0 unspecified atom stereocenters. The third-order valence-electron chi connectivity index (χ3n) is 3.65. The van der Waals surface area contributed by atoms with Crippen molar-refractivity contribution < 1.29 is 14.6 Å². The Morgan fingerprint density at radius 3 is 2.63 bits per heavy atom. The predicted molar refractivity (Wildman–Crippen MR) is 71.2 cm³/mol. The summed E-state index contributed by atoms with van der Waals surface area (Å²) in [6, 6.07) is 7.37. The van der Waals surface area contributed by atoms with Crippen molar-refractivity contribution in [1.82, 2.24) is 0 Å². The lowest BCUT2D eigenvalue weighted by molar-refractivity contribution is 0.104. The number of aliphatic hydroxyl groups is 1. The Bertz CT molecular complexity index is 459. The van der Waals surface area contributed by atoms with Crippen LogP contribution in [0, 0.1) is 17.2 Å². The molecule has 102 valence electrons. The Hall–Kier alpha value is -1.73. The highest BCUT2D eigenvalue weighted by Gasteiger charge is 2.22. The van der Waals surface area contributed by atoms with Crippen LogP contribution in [0.1, 0.15) is 31.2 Å². The lowest BCUT2D eigenvalue weighted by atomic mass is 9.88. The Morgan fingerprint density at radius 1 is 1.32 bits per heavy atom. The molecule has 0 heterocycles. The average Bonchev–Trinajstić information content (AvgIpc) is 2.48. The van der Waals surface area contributed by atoms with Gasteiger partial charge in [-0.15, -0.1) is 0 Å². The van der Waals surface area contributed by atoms with Crippen molar-refractivity contribution in [1.29, 1.82) is 5.26 Å². The summed E-state index contributed by atoms with van der Waals surface area (Å²) in [5.41, 5.74) is 0.532. The van der Waals surface area contributed by atoms with E-state index in [0.717, 1.165) is 25.7 Å². The molecule has 0 atom stereocenters. The Kier molecular flexibility index (Phi) is 4.64. The predicted octanol–water partition coefficient (Wildman–Crippen LogP) is 2.50. The monoisotopic (exact) mass is 261 g/mol. The van der Waals surface area contributed by atoms with Gasteiger partial charge < -0.3 is 14.6 Å². The fourth-order valence-electron chi connectivity index (χ4n) is 2.43. The molecule has 1 aliphatic carbocycles. The van der Waals surface area contributed by atoms with E-state index < -0.39 is 0 Å². The van der Waals surface area contributed by atoms with Gasteiger partial charge in [0, 0.05) is 12.7 Å². The fourth-order valence-corrected chi connectivity index (χ4v) is 2.43. The Labute approximate surface area is 113 Å². The van der Waals surface area contributed by atoms with Crippen molar-refractivity contribution in [3.05, 3.63) is 23.8 Å². The van der Waals surface area contributed by atoms with Crippen molar-refractivity contribution in [2.75, 3.05) is 13.7 Å². The summed E-state index contributed by atoms with van der Waals surface area (Å²) >= 11 is 0. The van der Waals surface area contributed by atoms with Crippen LogP contribution in [-0.4, -0.2) is 24.9 Å². The third-order valence-corrected chi connectivity index (χ3v) is 3.65. The van der Waals surface area contributed by atoms with Gasteiger partial charge in [-0.05, 0) is 43.7 Å². The van der Waals surface area contributed by atoms with Crippen LogP contribution >= 0.6 is 0 Å². The van der Waals surface area contributed by atoms with Gasteiger partial charge in [-0.1, -0.05) is 0 Å². The van der Waals surface area contributed by atoms with Gasteiger partial charge in [0.2, 0.25) is 0 Å². The summed E-state index contributed by atoms with van der Waals surface area (Å²) in [4.78, 5) is 0. The second-order valence-corrected chi connectivity index (χ2v) is 4.92. The molecule has 0 spiro atoms. The molecule has 1 aliphatic rings. The van der Waals surface area contributed by atoms with Gasteiger partial charge in [0.1, 0.15) is 17.6 Å². The highest BCUT2D eigenvalue weighted by atomic mass is 16.5. The van der Waals surface area contributed by atoms with E-state index in [1.807, 2.05) is 0 Å². The summed E-state index contributed by atoms with van der Waals surface area (Å²) in [5.74, 6) is 1.69. The van der Waals surface area contributed by atoms with Gasteiger partial charge in [-0.25, -0.2) is 0 Å². The normalized spacial score (nSPS) is 22.6. The first-order valence-corrected chi connectivity index (χ1v) is 6.62. The molecular formula is C15H19NO3. The Morgan fingerprint density at radius 2 is 2.05 bits per heavy atom. The zero-order chi connectivity index (χ0) is 13.7. The standard InChI is InChI=1S/C15H19NO3/c1-18-14-7-4-12(9-16)15(8-14)19-13-5-2-11(10-17)3-6-13/h4,7-8,11,13,17H,2-3,5-6,10H2,1H3. The number of hydrogen-bond donors (Lipinski definition) is 1. The van der Waals surface area contributed by atoms with Crippen molar-refractivity contribution >= 4 is 0 Å². The number of aliphatic hydroxyl groups excluding tert-OH is 1. The summed E-state index contributed by atoms with van der Waals surface area (Å²) in [6.45, 7) is 0.259. The number of nitriles is 1. The molecule has 0 aromatic heterocycles. The van der Waals surface area contributed by atoms with Crippen LogP contribution in [0.15, 0.2) is 18.2 Å². The number of hydrogen-bond acceptors (Lipinski definition) is 4. The van der Waals surface area contributed by atoms with E-state index in [4.69, 9.17) is 19.8 Å². The number of ether oxygens (including phenoxy) is 2. The summed E-state index contributed by atoms with van der Waals surface area (Å²) in [7, 11) is 1.59. The minimum absolute atomic E-state index is 0.127. The second kappa shape index (κ2) is 6.44. The second-order valence-electron chi connectivity index (χ2n) is 4.92. The largest absolute Gasteiger partial charge is 0.497 e. The summed E-state index contributed by atoms with van der Waals surface area (Å²) in [5, 5.41) is 18.2. The van der Waals surface area contributed by atoms with Crippen LogP contribution in [0.2, 0.25) is 0 Å². The first-order valence-electron chi connectivity index (χ1n) is 6.62. The molecule has 1 saturated carbocycles. The first kappa shape index (κ1) is 13.7. The van der Waals surface area contributed by atoms with Gasteiger partial charge in [0.05, 0.1) is 18.8 Å². The minimum Gasteiger partial charge on any atom is -0.497 e. The zero-order valence-electron chi connectivity index (χ0n) is 11.1. The SMILES string of the molecule is COc1ccc(C#N)c(OC2CCC(CO)CC2)c1. The van der Waals surface area contributed by atoms with E-state index in [0.29, 0.717) is 23.0 Å². The van der Waals surface area contributed by atoms with Crippen LogP contribution in [0.5, 0.6) is 11.5 Å². The van der Waals surface area contributed by atoms with E-state index in [-0.39, 0.29) is 12.7 Å². The van der Waals surface area contributed by atoms with Gasteiger partial charge >= 0.3 is 0 Å². The molecule has 4 heteroatoms. The quantitative estimate of drug-likeness (QED) is 0.904. The molecule has 19 heavy (non-hydrogen) atoms. The lowest BCUT2D eigenvalue weighted by Gasteiger charge is -2.28. The molecule has 0 aliphatic heterocycles. The number of nitrogens with zero attached hydrogens (tertiary/aromatic N) is 1. The lowest BCUT2D eigenvalue weighted by Crippen LogP contribution is -2.25. The molecule has 0 amide bonds. The molecular weight excluding hydrogens is 242 g/mol. The smallest absolute Gasteiger partial charge is 0.141 e. The van der Waals surface area contributed by atoms with Crippen molar-refractivity contribution in [2.45, 2.75) is 31.8 Å². The molecule has 0 saturated heterocycles. The van der Waals surface area contributed by atoms with Crippen molar-refractivity contribution in [2.24, 2.45) is 5.92 Å². The fraction of sp³-hybridized carbons (Fsp3) is 0.533. The van der Waals surface area contributed by atoms with Crippen molar-refractivity contribution in [3.8, 4) is 17.6 Å². The van der Waals surface area contributed by atoms with E-state index in [1.54, 1.807) is 25.3 Å². The molecule has 2 rings (SSSR count). The molecule has 1 aromatic rings. The number of rotatable bonds is 4. The number of methoxy groups -OCH3 is 1. The molecule has 1 aromatic carbocycles. The molecule has 0 bridgehead atoms. The van der Waals surface area contributed by atoms with E-state index >= 15 is 0 Å². The van der Waals surface area contributed by atoms with E-state index in [2.05, 4.69) is 6.07 Å². The van der Waals surface area contributed by atoms with E-state index in [9.17, 15) is 0 Å². The first-order chi connectivity index (χ1) is 9.26. The maximum Gasteiger partial charge on any atom is 0.141 e. The van der Waals surface area contributed by atoms with Gasteiger partial charge in [-0.2, -0.15) is 5.26 Å². The molecule has 0 radical (unpaired) electrons. The molecule has 4 nitrogen and oxygen atoms in total. The van der Waals surface area contributed by atoms with Crippen LogP contribution in [0.3, 0.4) is 0 Å². The van der Waals surface area contributed by atoms with Crippen LogP contribution < -0.4 is 9.47 Å². The van der Waals surface area contributed by atoms with Gasteiger partial charge in [0.25, 0.3) is 0 Å². The van der Waals surface area contributed by atoms with Crippen molar-refractivity contribution in [3.63, 3.8) is 0 Å². The summed E-state index contributed by atoms with van der Waals surface area (Å²) in [6.07, 6.45) is 3.93. The highest BCUT2D eigenvalue weighted by molar-refractivity contribution is 5.47. The van der Waals surface area contributed by atoms with Gasteiger partial charge in [0.15, 0.2) is 0 Å². The number of benzene rings is 1. The van der Waals surface area contributed by atoms with E-state index in [1.165, 1.54) is 0 Å². The van der Waals surface area contributed by atoms with Crippen LogP contribution in [0.25, 0.3) is 0 Å². The topological polar surface area (TPSA) is 62.5 Å².